The van der Waals surface area contributed by atoms with E-state index in [1.807, 2.05) is 0 Å². The van der Waals surface area contributed by atoms with Gasteiger partial charge in [0.1, 0.15) is 22.3 Å². The molecule has 1 aromatic carbocycles. The van der Waals surface area contributed by atoms with Crippen molar-refractivity contribution >= 4 is 15.8 Å². The van der Waals surface area contributed by atoms with E-state index in [4.69, 9.17) is 0 Å². The first-order valence-electron chi connectivity index (χ1n) is 6.78. The molecule has 1 atom stereocenters. The number of benzene rings is 1. The third-order valence-electron chi connectivity index (χ3n) is 3.58. The Morgan fingerprint density at radius 1 is 1.33 bits per heavy atom. The third-order valence-corrected chi connectivity index (χ3v) is 5.56. The van der Waals surface area contributed by atoms with Gasteiger partial charge in [0.2, 0.25) is 10.0 Å². The predicted octanol–water partition coefficient (Wildman–Crippen LogP) is 2.49. The van der Waals surface area contributed by atoms with Gasteiger partial charge >= 0.3 is 0 Å². The first-order chi connectivity index (χ1) is 9.82. The SMILES string of the molecule is CC(=O)CC1CCCCN1S(=O)(=O)c1ccc(F)cc1F. The second-order valence-electron chi connectivity index (χ2n) is 5.25. The molecule has 0 bridgehead atoms. The molecule has 0 spiro atoms. The maximum absolute atomic E-state index is 13.8. The number of Topliss-reactive ketones (excluding diaryl/α,β-unsaturated/α-hetero) is 1. The van der Waals surface area contributed by atoms with E-state index in [-0.39, 0.29) is 18.7 Å². The minimum Gasteiger partial charge on any atom is -0.300 e. The fraction of sp³-hybridized carbons (Fsp3) is 0.500. The Morgan fingerprint density at radius 2 is 2.05 bits per heavy atom. The van der Waals surface area contributed by atoms with E-state index in [0.29, 0.717) is 18.9 Å². The highest BCUT2D eigenvalue weighted by Crippen LogP contribution is 2.28. The quantitative estimate of drug-likeness (QED) is 0.857. The number of hydrogen-bond acceptors (Lipinski definition) is 3. The molecule has 0 aromatic heterocycles. The maximum Gasteiger partial charge on any atom is 0.246 e. The highest BCUT2D eigenvalue weighted by Gasteiger charge is 2.35. The molecule has 116 valence electrons. The molecule has 1 aromatic rings. The van der Waals surface area contributed by atoms with Gasteiger partial charge in [0, 0.05) is 25.1 Å². The van der Waals surface area contributed by atoms with Crippen molar-refractivity contribution in [3.05, 3.63) is 29.8 Å². The summed E-state index contributed by atoms with van der Waals surface area (Å²) in [5.41, 5.74) is 0. The molecule has 0 saturated carbocycles. The Labute approximate surface area is 122 Å². The fourth-order valence-electron chi connectivity index (χ4n) is 2.64. The van der Waals surface area contributed by atoms with E-state index in [2.05, 4.69) is 0 Å². The zero-order valence-corrected chi connectivity index (χ0v) is 12.5. The van der Waals surface area contributed by atoms with Crippen LogP contribution in [-0.2, 0) is 14.8 Å². The summed E-state index contributed by atoms with van der Waals surface area (Å²) in [7, 11) is -4.06. The average Bonchev–Trinajstić information content (AvgIpc) is 2.37. The van der Waals surface area contributed by atoms with Crippen LogP contribution >= 0.6 is 0 Å². The van der Waals surface area contributed by atoms with Crippen LogP contribution < -0.4 is 0 Å². The molecular weight excluding hydrogens is 300 g/mol. The summed E-state index contributed by atoms with van der Waals surface area (Å²) in [6.07, 6.45) is 2.18. The Hall–Kier alpha value is -1.34. The molecule has 1 saturated heterocycles. The topological polar surface area (TPSA) is 54.5 Å². The monoisotopic (exact) mass is 317 g/mol. The van der Waals surface area contributed by atoms with Gasteiger partial charge in [-0.3, -0.25) is 4.79 Å². The van der Waals surface area contributed by atoms with Crippen molar-refractivity contribution in [1.29, 1.82) is 0 Å². The molecule has 1 aliphatic heterocycles. The summed E-state index contributed by atoms with van der Waals surface area (Å²) in [5, 5.41) is 0. The molecule has 2 rings (SSSR count). The van der Waals surface area contributed by atoms with Crippen molar-refractivity contribution in [3.8, 4) is 0 Å². The van der Waals surface area contributed by atoms with Gasteiger partial charge in [0.15, 0.2) is 0 Å². The molecule has 1 fully saturated rings. The minimum absolute atomic E-state index is 0.110. The number of sulfonamides is 1. The van der Waals surface area contributed by atoms with E-state index in [1.165, 1.54) is 11.2 Å². The van der Waals surface area contributed by atoms with Crippen molar-refractivity contribution in [3.63, 3.8) is 0 Å². The first kappa shape index (κ1) is 16.0. The second kappa shape index (κ2) is 6.19. The normalized spacial score (nSPS) is 20.4. The summed E-state index contributed by atoms with van der Waals surface area (Å²) < 4.78 is 53.0. The molecule has 0 aliphatic carbocycles. The summed E-state index contributed by atoms with van der Waals surface area (Å²) in [5.74, 6) is -2.05. The summed E-state index contributed by atoms with van der Waals surface area (Å²) in [6, 6.07) is 1.95. The molecule has 4 nitrogen and oxygen atoms in total. The van der Waals surface area contributed by atoms with E-state index in [0.717, 1.165) is 18.6 Å². The van der Waals surface area contributed by atoms with Crippen LogP contribution in [0.4, 0.5) is 8.78 Å². The zero-order valence-electron chi connectivity index (χ0n) is 11.7. The lowest BCUT2D eigenvalue weighted by atomic mass is 10.0. The number of halogens is 2. The number of carbonyl (C=O) groups is 1. The smallest absolute Gasteiger partial charge is 0.246 e. The Balaban J connectivity index is 2.38. The van der Waals surface area contributed by atoms with Gasteiger partial charge in [-0.25, -0.2) is 17.2 Å². The Bertz CT molecular complexity index is 646. The molecular formula is C14H17F2NO3S. The third kappa shape index (κ3) is 3.47. The van der Waals surface area contributed by atoms with Crippen LogP contribution in [0, 0.1) is 11.6 Å². The number of hydrogen-bond donors (Lipinski definition) is 0. The lowest BCUT2D eigenvalue weighted by Crippen LogP contribution is -2.44. The van der Waals surface area contributed by atoms with Gasteiger partial charge in [-0.05, 0) is 31.9 Å². The molecule has 0 radical (unpaired) electrons. The molecule has 1 unspecified atom stereocenters. The maximum atomic E-state index is 13.8. The standard InChI is InChI=1S/C14H17F2NO3S/c1-10(18)8-12-4-2-3-7-17(12)21(19,20)14-6-5-11(15)9-13(14)16/h5-6,9,12H,2-4,7-8H2,1H3. The fourth-order valence-corrected chi connectivity index (χ4v) is 4.38. The molecule has 0 N–H and O–H groups in total. The lowest BCUT2D eigenvalue weighted by Gasteiger charge is -2.34. The van der Waals surface area contributed by atoms with Gasteiger partial charge < -0.3 is 0 Å². The van der Waals surface area contributed by atoms with E-state index >= 15 is 0 Å². The summed E-state index contributed by atoms with van der Waals surface area (Å²) in [4.78, 5) is 10.7. The van der Waals surface area contributed by atoms with Gasteiger partial charge in [0.25, 0.3) is 0 Å². The molecule has 7 heteroatoms. The number of nitrogens with zero attached hydrogens (tertiary/aromatic N) is 1. The average molecular weight is 317 g/mol. The van der Waals surface area contributed by atoms with Gasteiger partial charge in [0.05, 0.1) is 0 Å². The van der Waals surface area contributed by atoms with E-state index in [9.17, 15) is 22.0 Å². The summed E-state index contributed by atoms with van der Waals surface area (Å²) >= 11 is 0. The van der Waals surface area contributed by atoms with Crippen LogP contribution in [0.5, 0.6) is 0 Å². The minimum atomic E-state index is -4.06. The van der Waals surface area contributed by atoms with Gasteiger partial charge in [-0.1, -0.05) is 6.42 Å². The zero-order chi connectivity index (χ0) is 15.6. The van der Waals surface area contributed by atoms with Crippen LogP contribution in [-0.4, -0.2) is 31.1 Å². The van der Waals surface area contributed by atoms with Crippen LogP contribution in [0.15, 0.2) is 23.1 Å². The Morgan fingerprint density at radius 3 is 2.67 bits per heavy atom. The molecule has 1 heterocycles. The molecule has 0 amide bonds. The van der Waals surface area contributed by atoms with Crippen LogP contribution in [0.3, 0.4) is 0 Å². The predicted molar refractivity (Wildman–Crippen MR) is 73.2 cm³/mol. The van der Waals surface area contributed by atoms with Crippen LogP contribution in [0.2, 0.25) is 0 Å². The van der Waals surface area contributed by atoms with Crippen molar-refractivity contribution < 1.29 is 22.0 Å². The highest BCUT2D eigenvalue weighted by atomic mass is 32.2. The number of ketones is 1. The first-order valence-corrected chi connectivity index (χ1v) is 8.22. The number of carbonyl (C=O) groups excluding carboxylic acids is 1. The van der Waals surface area contributed by atoms with Gasteiger partial charge in [-0.2, -0.15) is 4.31 Å². The second-order valence-corrected chi connectivity index (χ2v) is 7.11. The lowest BCUT2D eigenvalue weighted by molar-refractivity contribution is -0.118. The van der Waals surface area contributed by atoms with Crippen LogP contribution in [0.1, 0.15) is 32.6 Å². The van der Waals surface area contributed by atoms with Crippen molar-refractivity contribution in [1.82, 2.24) is 4.31 Å². The Kier molecular flexibility index (Phi) is 4.73. The van der Waals surface area contributed by atoms with Crippen molar-refractivity contribution in [2.75, 3.05) is 6.54 Å². The van der Waals surface area contributed by atoms with Crippen molar-refractivity contribution in [2.45, 2.75) is 43.5 Å². The summed E-state index contributed by atoms with van der Waals surface area (Å²) in [6.45, 7) is 1.65. The number of rotatable bonds is 4. The number of piperidine rings is 1. The largest absolute Gasteiger partial charge is 0.300 e. The van der Waals surface area contributed by atoms with Crippen molar-refractivity contribution in [2.24, 2.45) is 0 Å². The molecule has 1 aliphatic rings. The molecule has 21 heavy (non-hydrogen) atoms. The van der Waals surface area contributed by atoms with E-state index in [1.54, 1.807) is 0 Å². The van der Waals surface area contributed by atoms with Crippen LogP contribution in [0.25, 0.3) is 0 Å². The van der Waals surface area contributed by atoms with E-state index < -0.39 is 32.6 Å². The van der Waals surface area contributed by atoms with Gasteiger partial charge in [-0.15, -0.1) is 0 Å². The highest BCUT2D eigenvalue weighted by molar-refractivity contribution is 7.89.